The van der Waals surface area contributed by atoms with E-state index in [1.807, 2.05) is 60.0 Å². The molecule has 6 nitrogen and oxygen atoms in total. The SMILES string of the molecule is O=C(CSc1nc2cc(Cl)ccc2c(=O)n1-c1ccccc1)Nc1nc(-c2cccc(Br)c2)cs1. The highest BCUT2D eigenvalue weighted by atomic mass is 79.9. The van der Waals surface area contributed by atoms with Gasteiger partial charge in [-0.25, -0.2) is 9.97 Å². The van der Waals surface area contributed by atoms with Crippen LogP contribution in [0, 0.1) is 0 Å². The second-order valence-electron chi connectivity index (χ2n) is 7.42. The Balaban J connectivity index is 1.39. The van der Waals surface area contributed by atoms with E-state index in [-0.39, 0.29) is 17.2 Å². The Hall–Kier alpha value is -2.98. The molecular weight excluding hydrogens is 568 g/mol. The second-order valence-corrected chi connectivity index (χ2v) is 10.6. The summed E-state index contributed by atoms with van der Waals surface area (Å²) in [5, 5.41) is 6.58. The molecule has 0 bridgehead atoms. The molecule has 35 heavy (non-hydrogen) atoms. The number of para-hydroxylation sites is 1. The van der Waals surface area contributed by atoms with Crippen LogP contribution in [0.5, 0.6) is 0 Å². The molecule has 3 aromatic carbocycles. The molecule has 2 aromatic heterocycles. The topological polar surface area (TPSA) is 76.9 Å². The summed E-state index contributed by atoms with van der Waals surface area (Å²) in [4.78, 5) is 35.2. The zero-order valence-electron chi connectivity index (χ0n) is 17.9. The standard InChI is InChI=1S/C25H16BrClN4O2S2/c26-16-6-4-5-15(11-16)21-13-34-24(28-21)30-22(32)14-35-25-29-20-12-17(27)9-10-19(20)23(33)31(25)18-7-2-1-3-8-18/h1-13H,14H2,(H,28,30,32). The van der Waals surface area contributed by atoms with E-state index in [0.717, 1.165) is 15.7 Å². The smallest absolute Gasteiger partial charge is 0.266 e. The largest absolute Gasteiger partial charge is 0.301 e. The minimum absolute atomic E-state index is 0.0527. The molecule has 0 saturated heterocycles. The average Bonchev–Trinajstić information content (AvgIpc) is 3.31. The molecule has 0 aliphatic rings. The highest BCUT2D eigenvalue weighted by molar-refractivity contribution is 9.10. The molecule has 2 heterocycles. The molecule has 0 fully saturated rings. The summed E-state index contributed by atoms with van der Waals surface area (Å²) in [5.41, 5.74) is 2.67. The lowest BCUT2D eigenvalue weighted by Gasteiger charge is -2.13. The van der Waals surface area contributed by atoms with Gasteiger partial charge in [0.25, 0.3) is 5.56 Å². The lowest BCUT2D eigenvalue weighted by Crippen LogP contribution is -2.23. The van der Waals surface area contributed by atoms with Gasteiger partial charge in [-0.15, -0.1) is 11.3 Å². The van der Waals surface area contributed by atoms with Crippen LogP contribution >= 0.6 is 50.6 Å². The first-order chi connectivity index (χ1) is 17.0. The van der Waals surface area contributed by atoms with Crippen molar-refractivity contribution in [3.8, 4) is 16.9 Å². The minimum Gasteiger partial charge on any atom is -0.301 e. The average molecular weight is 584 g/mol. The van der Waals surface area contributed by atoms with E-state index in [1.54, 1.807) is 18.2 Å². The third-order valence-electron chi connectivity index (χ3n) is 5.02. The first-order valence-electron chi connectivity index (χ1n) is 10.4. The second kappa shape index (κ2) is 10.3. The molecule has 5 aromatic rings. The number of anilines is 1. The van der Waals surface area contributed by atoms with E-state index in [1.165, 1.54) is 27.7 Å². The fraction of sp³-hybridized carbons (Fsp3) is 0.0400. The molecular formula is C25H16BrClN4O2S2. The number of aromatic nitrogens is 3. The van der Waals surface area contributed by atoms with Gasteiger partial charge in [0.15, 0.2) is 10.3 Å². The molecule has 0 atom stereocenters. The van der Waals surface area contributed by atoms with Gasteiger partial charge in [0, 0.05) is 20.4 Å². The quantitative estimate of drug-likeness (QED) is 0.179. The summed E-state index contributed by atoms with van der Waals surface area (Å²) in [6, 6.07) is 22.0. The van der Waals surface area contributed by atoms with Crippen molar-refractivity contribution < 1.29 is 4.79 Å². The normalized spacial score (nSPS) is 11.0. The predicted molar refractivity (Wildman–Crippen MR) is 147 cm³/mol. The maximum Gasteiger partial charge on any atom is 0.266 e. The van der Waals surface area contributed by atoms with E-state index in [0.29, 0.717) is 31.9 Å². The zero-order valence-corrected chi connectivity index (χ0v) is 21.9. The molecule has 0 radical (unpaired) electrons. The van der Waals surface area contributed by atoms with E-state index in [4.69, 9.17) is 11.6 Å². The summed E-state index contributed by atoms with van der Waals surface area (Å²) in [6.07, 6.45) is 0. The number of nitrogens with one attached hydrogen (secondary N) is 1. The van der Waals surface area contributed by atoms with Crippen molar-refractivity contribution in [1.29, 1.82) is 0 Å². The predicted octanol–water partition coefficient (Wildman–Crippen LogP) is 6.66. The first-order valence-corrected chi connectivity index (χ1v) is 13.4. The van der Waals surface area contributed by atoms with E-state index in [9.17, 15) is 9.59 Å². The Kier molecular flexibility index (Phi) is 7.01. The van der Waals surface area contributed by atoms with Gasteiger partial charge in [-0.2, -0.15) is 0 Å². The molecule has 5 rings (SSSR count). The molecule has 10 heteroatoms. The number of benzene rings is 3. The molecule has 0 aliphatic carbocycles. The molecule has 0 saturated carbocycles. The van der Waals surface area contributed by atoms with Crippen molar-refractivity contribution in [1.82, 2.24) is 14.5 Å². The van der Waals surface area contributed by atoms with Crippen molar-refractivity contribution in [2.45, 2.75) is 5.16 Å². The Bertz CT molecular complexity index is 1600. The lowest BCUT2D eigenvalue weighted by molar-refractivity contribution is -0.113. The number of nitrogens with zero attached hydrogens (tertiary/aromatic N) is 3. The zero-order chi connectivity index (χ0) is 24.4. The van der Waals surface area contributed by atoms with Crippen molar-refractivity contribution in [2.24, 2.45) is 0 Å². The van der Waals surface area contributed by atoms with E-state index >= 15 is 0 Å². The minimum atomic E-state index is -0.245. The summed E-state index contributed by atoms with van der Waals surface area (Å²) in [7, 11) is 0. The first kappa shape index (κ1) is 23.7. The molecule has 1 N–H and O–H groups in total. The van der Waals surface area contributed by atoms with Crippen LogP contribution in [0.1, 0.15) is 0 Å². The van der Waals surface area contributed by atoms with Gasteiger partial charge >= 0.3 is 0 Å². The molecule has 1 amide bonds. The molecule has 0 spiro atoms. The monoisotopic (exact) mass is 582 g/mol. The van der Waals surface area contributed by atoms with E-state index in [2.05, 4.69) is 31.2 Å². The molecule has 0 unspecified atom stereocenters. The number of hydrogen-bond donors (Lipinski definition) is 1. The number of halogens is 2. The summed E-state index contributed by atoms with van der Waals surface area (Å²) in [5.74, 6) is -0.192. The number of thioether (sulfide) groups is 1. The van der Waals surface area contributed by atoms with Crippen LogP contribution in [0.2, 0.25) is 5.02 Å². The van der Waals surface area contributed by atoms with Crippen molar-refractivity contribution in [3.05, 3.63) is 98.0 Å². The number of carbonyl (C=O) groups is 1. The number of rotatable bonds is 6. The van der Waals surface area contributed by atoms with Gasteiger partial charge in [0.1, 0.15) is 0 Å². The molecule has 0 aliphatic heterocycles. The number of amides is 1. The van der Waals surface area contributed by atoms with Crippen LogP contribution in [0.4, 0.5) is 5.13 Å². The van der Waals surface area contributed by atoms with Crippen molar-refractivity contribution >= 4 is 72.6 Å². The maximum atomic E-state index is 13.3. The van der Waals surface area contributed by atoms with Gasteiger partial charge in [-0.1, -0.05) is 69.6 Å². The van der Waals surface area contributed by atoms with E-state index < -0.39 is 0 Å². The number of fused-ring (bicyclic) bond motifs is 1. The van der Waals surface area contributed by atoms with Crippen LogP contribution in [0.25, 0.3) is 27.8 Å². The highest BCUT2D eigenvalue weighted by Crippen LogP contribution is 2.28. The number of thiazole rings is 1. The number of carbonyl (C=O) groups excluding carboxylic acids is 1. The Morgan fingerprint density at radius 1 is 1.06 bits per heavy atom. The summed E-state index contributed by atoms with van der Waals surface area (Å²) < 4.78 is 2.47. The van der Waals surface area contributed by atoms with Gasteiger partial charge in [-0.3, -0.25) is 14.2 Å². The Labute approximate surface area is 222 Å². The maximum absolute atomic E-state index is 13.3. The van der Waals surface area contributed by atoms with Crippen LogP contribution in [-0.4, -0.2) is 26.2 Å². The summed E-state index contributed by atoms with van der Waals surface area (Å²) in [6.45, 7) is 0. The lowest BCUT2D eigenvalue weighted by atomic mass is 10.2. The van der Waals surface area contributed by atoms with Crippen LogP contribution in [-0.2, 0) is 4.79 Å². The third kappa shape index (κ3) is 5.33. The van der Waals surface area contributed by atoms with Gasteiger partial charge < -0.3 is 5.32 Å². The fourth-order valence-corrected chi connectivity index (χ4v) is 5.55. The van der Waals surface area contributed by atoms with Crippen LogP contribution in [0.15, 0.2) is 92.6 Å². The third-order valence-corrected chi connectivity index (χ3v) is 7.44. The Morgan fingerprint density at radius 2 is 1.89 bits per heavy atom. The van der Waals surface area contributed by atoms with Gasteiger partial charge in [-0.05, 0) is 42.5 Å². The molecule has 174 valence electrons. The van der Waals surface area contributed by atoms with Crippen molar-refractivity contribution in [3.63, 3.8) is 0 Å². The Morgan fingerprint density at radius 3 is 2.69 bits per heavy atom. The van der Waals surface area contributed by atoms with Crippen LogP contribution in [0.3, 0.4) is 0 Å². The summed E-state index contributed by atoms with van der Waals surface area (Å²) >= 11 is 12.1. The van der Waals surface area contributed by atoms with Gasteiger partial charge in [0.05, 0.1) is 28.0 Å². The number of hydrogen-bond acceptors (Lipinski definition) is 6. The highest BCUT2D eigenvalue weighted by Gasteiger charge is 2.16. The van der Waals surface area contributed by atoms with Crippen molar-refractivity contribution in [2.75, 3.05) is 11.1 Å². The van der Waals surface area contributed by atoms with Crippen LogP contribution < -0.4 is 10.9 Å². The fourth-order valence-electron chi connectivity index (χ4n) is 3.44. The van der Waals surface area contributed by atoms with Gasteiger partial charge in [0.2, 0.25) is 5.91 Å².